The summed E-state index contributed by atoms with van der Waals surface area (Å²) >= 11 is 11.9. The highest BCUT2D eigenvalue weighted by atomic mass is 35.5. The predicted octanol–water partition coefficient (Wildman–Crippen LogP) is 4.69. The van der Waals surface area contributed by atoms with E-state index in [0.29, 0.717) is 15.6 Å². The van der Waals surface area contributed by atoms with Crippen LogP contribution in [0, 0.1) is 13.8 Å². The first-order chi connectivity index (χ1) is 8.49. The van der Waals surface area contributed by atoms with Gasteiger partial charge in [0.25, 0.3) is 0 Å². The Hall–Kier alpha value is -1.02. The summed E-state index contributed by atoms with van der Waals surface area (Å²) in [5.41, 5.74) is 3.86. The molecule has 0 fully saturated rings. The molecule has 0 aliphatic heterocycles. The van der Waals surface area contributed by atoms with E-state index in [4.69, 9.17) is 23.2 Å². The van der Waals surface area contributed by atoms with Gasteiger partial charge in [-0.25, -0.2) is 0 Å². The van der Waals surface area contributed by atoms with Crippen LogP contribution in [0.15, 0.2) is 36.4 Å². The van der Waals surface area contributed by atoms with Crippen molar-refractivity contribution in [1.29, 1.82) is 0 Å². The van der Waals surface area contributed by atoms with Crippen molar-refractivity contribution >= 4 is 23.2 Å². The summed E-state index contributed by atoms with van der Waals surface area (Å²) in [4.78, 5) is 0. The molecule has 0 amide bonds. The molecule has 3 heteroatoms. The Morgan fingerprint density at radius 3 is 2.28 bits per heavy atom. The lowest BCUT2D eigenvalue weighted by Gasteiger charge is -2.14. The second-order valence-corrected chi connectivity index (χ2v) is 5.26. The number of hydrogen-bond acceptors (Lipinski definition) is 1. The maximum absolute atomic E-state index is 10.4. The summed E-state index contributed by atoms with van der Waals surface area (Å²) in [5.74, 6) is 0. The van der Waals surface area contributed by atoms with Crippen LogP contribution in [0.2, 0.25) is 10.0 Å². The second-order valence-electron chi connectivity index (χ2n) is 4.41. The van der Waals surface area contributed by atoms with Crippen molar-refractivity contribution in [2.45, 2.75) is 20.0 Å². The van der Waals surface area contributed by atoms with Crippen LogP contribution in [0.5, 0.6) is 0 Å². The Morgan fingerprint density at radius 2 is 1.67 bits per heavy atom. The van der Waals surface area contributed by atoms with Gasteiger partial charge in [0.1, 0.15) is 6.10 Å². The van der Waals surface area contributed by atoms with Crippen LogP contribution >= 0.6 is 23.2 Å². The van der Waals surface area contributed by atoms with Crippen molar-refractivity contribution in [3.05, 3.63) is 68.7 Å². The van der Waals surface area contributed by atoms with Crippen LogP contribution in [0.3, 0.4) is 0 Å². The third-order valence-electron chi connectivity index (χ3n) is 3.10. The van der Waals surface area contributed by atoms with Gasteiger partial charge in [0.2, 0.25) is 0 Å². The number of halogens is 2. The molecule has 1 atom stereocenters. The average Bonchev–Trinajstić information content (AvgIpc) is 2.32. The molecule has 0 aliphatic carbocycles. The zero-order chi connectivity index (χ0) is 13.3. The van der Waals surface area contributed by atoms with Gasteiger partial charge in [-0.1, -0.05) is 47.5 Å². The minimum atomic E-state index is -0.728. The normalized spacial score (nSPS) is 12.5. The van der Waals surface area contributed by atoms with Crippen molar-refractivity contribution in [2.24, 2.45) is 0 Å². The molecule has 2 aromatic carbocycles. The van der Waals surface area contributed by atoms with Crippen molar-refractivity contribution in [3.8, 4) is 0 Å². The first kappa shape index (κ1) is 13.4. The monoisotopic (exact) mass is 280 g/mol. The molecule has 0 bridgehead atoms. The Bertz CT molecular complexity index is 579. The summed E-state index contributed by atoms with van der Waals surface area (Å²) in [6, 6.07) is 11.0. The van der Waals surface area contributed by atoms with Gasteiger partial charge < -0.3 is 5.11 Å². The van der Waals surface area contributed by atoms with E-state index >= 15 is 0 Å². The van der Waals surface area contributed by atoms with Crippen LogP contribution in [0.4, 0.5) is 0 Å². The Balaban J connectivity index is 2.41. The average molecular weight is 281 g/mol. The molecule has 0 aliphatic rings. The third kappa shape index (κ3) is 2.69. The molecule has 1 nitrogen and oxygen atoms in total. The van der Waals surface area contributed by atoms with Crippen molar-refractivity contribution < 1.29 is 5.11 Å². The molecule has 2 aromatic rings. The molecule has 0 unspecified atom stereocenters. The van der Waals surface area contributed by atoms with Gasteiger partial charge in [-0.05, 0) is 42.7 Å². The van der Waals surface area contributed by atoms with Gasteiger partial charge in [0, 0.05) is 15.6 Å². The first-order valence-corrected chi connectivity index (χ1v) is 6.45. The van der Waals surface area contributed by atoms with E-state index in [0.717, 1.165) is 11.1 Å². The van der Waals surface area contributed by atoms with E-state index in [-0.39, 0.29) is 0 Å². The fraction of sp³-hybridized carbons (Fsp3) is 0.200. The lowest BCUT2D eigenvalue weighted by molar-refractivity contribution is 0.220. The van der Waals surface area contributed by atoms with Crippen LogP contribution in [-0.2, 0) is 0 Å². The molecular weight excluding hydrogens is 267 g/mol. The highest BCUT2D eigenvalue weighted by molar-refractivity contribution is 6.35. The standard InChI is InChI=1S/C15H14Cl2O/c1-9-3-4-11(7-10(9)2)15(18)13-6-5-12(16)8-14(13)17/h3-8,15,18H,1-2H3/t15-/m1/s1. The molecule has 0 heterocycles. The minimum absolute atomic E-state index is 0.480. The van der Waals surface area contributed by atoms with Crippen molar-refractivity contribution in [3.63, 3.8) is 0 Å². The van der Waals surface area contributed by atoms with E-state index in [1.165, 1.54) is 5.56 Å². The van der Waals surface area contributed by atoms with E-state index in [1.807, 2.05) is 32.0 Å². The molecular formula is C15H14Cl2O. The number of aliphatic hydroxyl groups excluding tert-OH is 1. The molecule has 2 rings (SSSR count). The van der Waals surface area contributed by atoms with Crippen LogP contribution in [0.25, 0.3) is 0 Å². The maximum atomic E-state index is 10.4. The molecule has 0 saturated carbocycles. The molecule has 18 heavy (non-hydrogen) atoms. The zero-order valence-electron chi connectivity index (χ0n) is 10.2. The SMILES string of the molecule is Cc1ccc([C@@H](O)c2ccc(Cl)cc2Cl)cc1C. The number of aliphatic hydroxyl groups is 1. The van der Waals surface area contributed by atoms with E-state index in [1.54, 1.807) is 18.2 Å². The van der Waals surface area contributed by atoms with Gasteiger partial charge in [-0.15, -0.1) is 0 Å². The van der Waals surface area contributed by atoms with Crippen LogP contribution < -0.4 is 0 Å². The minimum Gasteiger partial charge on any atom is -0.384 e. The zero-order valence-corrected chi connectivity index (χ0v) is 11.8. The van der Waals surface area contributed by atoms with Gasteiger partial charge in [0.15, 0.2) is 0 Å². The first-order valence-electron chi connectivity index (χ1n) is 5.69. The topological polar surface area (TPSA) is 20.2 Å². The van der Waals surface area contributed by atoms with Gasteiger partial charge >= 0.3 is 0 Å². The fourth-order valence-electron chi connectivity index (χ4n) is 1.84. The highest BCUT2D eigenvalue weighted by Crippen LogP contribution is 2.31. The highest BCUT2D eigenvalue weighted by Gasteiger charge is 2.14. The lowest BCUT2D eigenvalue weighted by atomic mass is 9.98. The quantitative estimate of drug-likeness (QED) is 0.846. The van der Waals surface area contributed by atoms with E-state index < -0.39 is 6.10 Å². The summed E-state index contributed by atoms with van der Waals surface area (Å²) < 4.78 is 0. The van der Waals surface area contributed by atoms with Gasteiger partial charge in [0.05, 0.1) is 0 Å². The van der Waals surface area contributed by atoms with E-state index in [9.17, 15) is 5.11 Å². The lowest BCUT2D eigenvalue weighted by Crippen LogP contribution is -2.01. The Morgan fingerprint density at radius 1 is 0.944 bits per heavy atom. The maximum Gasteiger partial charge on any atom is 0.105 e. The fourth-order valence-corrected chi connectivity index (χ4v) is 2.35. The number of rotatable bonds is 2. The van der Waals surface area contributed by atoms with Crippen LogP contribution in [-0.4, -0.2) is 5.11 Å². The predicted molar refractivity (Wildman–Crippen MR) is 76.4 cm³/mol. The molecule has 0 spiro atoms. The molecule has 0 saturated heterocycles. The Labute approximate surface area is 117 Å². The van der Waals surface area contributed by atoms with E-state index in [2.05, 4.69) is 0 Å². The molecule has 0 aromatic heterocycles. The van der Waals surface area contributed by atoms with Crippen LogP contribution in [0.1, 0.15) is 28.4 Å². The largest absolute Gasteiger partial charge is 0.384 e. The van der Waals surface area contributed by atoms with Gasteiger partial charge in [-0.3, -0.25) is 0 Å². The van der Waals surface area contributed by atoms with Gasteiger partial charge in [-0.2, -0.15) is 0 Å². The summed E-state index contributed by atoms with van der Waals surface area (Å²) in [6.07, 6.45) is -0.728. The molecule has 94 valence electrons. The summed E-state index contributed by atoms with van der Waals surface area (Å²) in [7, 11) is 0. The molecule has 1 N–H and O–H groups in total. The smallest absolute Gasteiger partial charge is 0.105 e. The number of aryl methyl sites for hydroxylation is 2. The third-order valence-corrected chi connectivity index (χ3v) is 3.67. The second kappa shape index (κ2) is 5.31. The van der Waals surface area contributed by atoms with Crippen molar-refractivity contribution in [1.82, 2.24) is 0 Å². The van der Waals surface area contributed by atoms with Crippen molar-refractivity contribution in [2.75, 3.05) is 0 Å². The summed E-state index contributed by atoms with van der Waals surface area (Å²) in [6.45, 7) is 4.07. The Kier molecular flexibility index (Phi) is 3.96. The number of hydrogen-bond donors (Lipinski definition) is 1. The molecule has 0 radical (unpaired) electrons. The number of benzene rings is 2. The summed E-state index contributed by atoms with van der Waals surface area (Å²) in [5, 5.41) is 11.4.